The van der Waals surface area contributed by atoms with Crippen molar-refractivity contribution in [2.45, 2.75) is 40.0 Å². The van der Waals surface area contributed by atoms with Gasteiger partial charge in [0.05, 0.1) is 13.2 Å². The fraction of sp³-hybridized carbons (Fsp3) is 0.900. The van der Waals surface area contributed by atoms with Crippen molar-refractivity contribution in [2.24, 2.45) is 4.99 Å². The lowest BCUT2D eigenvalue weighted by Crippen LogP contribution is -2.12. The first-order valence-corrected chi connectivity index (χ1v) is 5.15. The third-order valence-electron chi connectivity index (χ3n) is 1.32. The molecule has 0 aliphatic rings. The smallest absolute Gasteiger partial charge is 0.383 e. The molecule has 0 saturated heterocycles. The maximum absolute atomic E-state index is 5.32. The van der Waals surface area contributed by atoms with Crippen molar-refractivity contribution >= 4 is 6.08 Å². The maximum atomic E-state index is 5.32. The van der Waals surface area contributed by atoms with E-state index in [4.69, 9.17) is 9.47 Å². The van der Waals surface area contributed by atoms with Crippen molar-refractivity contribution in [3.63, 3.8) is 0 Å². The molecular formula is C10H21NO2. The second kappa shape index (κ2) is 9.36. The Kier molecular flexibility index (Phi) is 8.83. The molecule has 0 amide bonds. The number of ether oxygens (including phenoxy) is 2. The number of hydrogen-bond acceptors (Lipinski definition) is 3. The van der Waals surface area contributed by atoms with Gasteiger partial charge in [0, 0.05) is 6.54 Å². The number of aliphatic imine (C=N–C) groups is 1. The van der Waals surface area contributed by atoms with Crippen LogP contribution in [0.4, 0.5) is 0 Å². The van der Waals surface area contributed by atoms with Crippen LogP contribution in [0.25, 0.3) is 0 Å². The highest BCUT2D eigenvalue weighted by atomic mass is 16.7. The molecule has 3 nitrogen and oxygen atoms in total. The second-order valence-corrected chi connectivity index (χ2v) is 2.84. The monoisotopic (exact) mass is 187 g/mol. The minimum atomic E-state index is 0.463. The molecule has 0 atom stereocenters. The van der Waals surface area contributed by atoms with E-state index in [9.17, 15) is 0 Å². The van der Waals surface area contributed by atoms with Crippen LogP contribution in [0.15, 0.2) is 4.99 Å². The molecule has 0 heterocycles. The summed E-state index contributed by atoms with van der Waals surface area (Å²) in [6.07, 6.45) is 3.46. The van der Waals surface area contributed by atoms with E-state index in [0.717, 1.165) is 25.8 Å². The zero-order valence-electron chi connectivity index (χ0n) is 9.01. The van der Waals surface area contributed by atoms with Crippen molar-refractivity contribution in [1.82, 2.24) is 0 Å². The van der Waals surface area contributed by atoms with Crippen LogP contribution in [0.2, 0.25) is 0 Å². The number of rotatable bonds is 6. The van der Waals surface area contributed by atoms with Crippen molar-refractivity contribution < 1.29 is 9.47 Å². The molecule has 0 aliphatic carbocycles. The lowest BCUT2D eigenvalue weighted by atomic mass is 10.5. The highest BCUT2D eigenvalue weighted by molar-refractivity contribution is 5.66. The van der Waals surface area contributed by atoms with Crippen LogP contribution in [0.3, 0.4) is 0 Å². The van der Waals surface area contributed by atoms with Gasteiger partial charge in [0.2, 0.25) is 0 Å². The van der Waals surface area contributed by atoms with Gasteiger partial charge in [0.1, 0.15) is 0 Å². The first kappa shape index (κ1) is 12.3. The molecular weight excluding hydrogens is 166 g/mol. The van der Waals surface area contributed by atoms with Crippen molar-refractivity contribution in [3.8, 4) is 0 Å². The van der Waals surface area contributed by atoms with Gasteiger partial charge < -0.3 is 9.47 Å². The predicted octanol–water partition coefficient (Wildman–Crippen LogP) is 2.61. The summed E-state index contributed by atoms with van der Waals surface area (Å²) in [5.74, 6) is 0. The van der Waals surface area contributed by atoms with Crippen LogP contribution in [0.1, 0.15) is 40.0 Å². The van der Waals surface area contributed by atoms with Gasteiger partial charge >= 0.3 is 6.08 Å². The van der Waals surface area contributed by atoms with E-state index in [1.807, 2.05) is 0 Å². The molecule has 13 heavy (non-hydrogen) atoms. The highest BCUT2D eigenvalue weighted by Crippen LogP contribution is 1.92. The maximum Gasteiger partial charge on any atom is 0.383 e. The van der Waals surface area contributed by atoms with E-state index in [1.165, 1.54) is 0 Å². The summed E-state index contributed by atoms with van der Waals surface area (Å²) in [7, 11) is 0. The third-order valence-corrected chi connectivity index (χ3v) is 1.32. The Bertz CT molecular complexity index is 125. The van der Waals surface area contributed by atoms with Crippen LogP contribution < -0.4 is 0 Å². The van der Waals surface area contributed by atoms with Gasteiger partial charge in [0.15, 0.2) is 0 Å². The molecule has 0 N–H and O–H groups in total. The van der Waals surface area contributed by atoms with Crippen LogP contribution in [0, 0.1) is 0 Å². The molecule has 0 saturated carbocycles. The second-order valence-electron chi connectivity index (χ2n) is 2.84. The highest BCUT2D eigenvalue weighted by Gasteiger charge is 1.99. The Morgan fingerprint density at radius 1 is 0.923 bits per heavy atom. The minimum absolute atomic E-state index is 0.463. The Balaban J connectivity index is 3.72. The quantitative estimate of drug-likeness (QED) is 0.472. The topological polar surface area (TPSA) is 30.8 Å². The average molecular weight is 187 g/mol. The summed E-state index contributed by atoms with van der Waals surface area (Å²) in [5.41, 5.74) is 0. The number of nitrogens with zero attached hydrogens (tertiary/aromatic N) is 1. The fourth-order valence-corrected chi connectivity index (χ4v) is 0.715. The Labute approximate surface area is 81.1 Å². The van der Waals surface area contributed by atoms with Crippen LogP contribution in [-0.2, 0) is 9.47 Å². The summed E-state index contributed by atoms with van der Waals surface area (Å²) in [4.78, 5) is 4.19. The Hall–Kier alpha value is -0.730. The van der Waals surface area contributed by atoms with E-state index in [-0.39, 0.29) is 0 Å². The third kappa shape index (κ3) is 7.62. The molecule has 78 valence electrons. The van der Waals surface area contributed by atoms with Crippen molar-refractivity contribution in [3.05, 3.63) is 0 Å². The van der Waals surface area contributed by atoms with E-state index < -0.39 is 0 Å². The predicted molar refractivity (Wildman–Crippen MR) is 55.1 cm³/mol. The Morgan fingerprint density at radius 3 is 1.85 bits per heavy atom. The molecule has 0 aromatic rings. The SMILES string of the molecule is CCCN=C(OCCC)OCCC. The molecule has 0 unspecified atom stereocenters. The summed E-state index contributed by atoms with van der Waals surface area (Å²) in [5, 5.41) is 0. The van der Waals surface area contributed by atoms with E-state index in [1.54, 1.807) is 0 Å². The first-order valence-electron chi connectivity index (χ1n) is 5.15. The molecule has 0 aliphatic heterocycles. The minimum Gasteiger partial charge on any atom is -0.451 e. The molecule has 0 bridgehead atoms. The van der Waals surface area contributed by atoms with Gasteiger partial charge in [-0.05, 0) is 19.3 Å². The van der Waals surface area contributed by atoms with Gasteiger partial charge in [-0.1, -0.05) is 20.8 Å². The zero-order chi connectivity index (χ0) is 9.94. The molecule has 0 spiro atoms. The van der Waals surface area contributed by atoms with Crippen LogP contribution >= 0.6 is 0 Å². The first-order chi connectivity index (χ1) is 6.35. The van der Waals surface area contributed by atoms with Crippen molar-refractivity contribution in [1.29, 1.82) is 0 Å². The van der Waals surface area contributed by atoms with E-state index >= 15 is 0 Å². The van der Waals surface area contributed by atoms with Crippen molar-refractivity contribution in [2.75, 3.05) is 19.8 Å². The van der Waals surface area contributed by atoms with E-state index in [2.05, 4.69) is 25.8 Å². The molecule has 0 aromatic heterocycles. The molecule has 0 fully saturated rings. The van der Waals surface area contributed by atoms with Gasteiger partial charge in [-0.25, -0.2) is 4.99 Å². The molecule has 0 aromatic carbocycles. The van der Waals surface area contributed by atoms with Gasteiger partial charge in [0.25, 0.3) is 0 Å². The number of hydrogen-bond donors (Lipinski definition) is 0. The molecule has 0 radical (unpaired) electrons. The molecule has 0 rings (SSSR count). The molecule has 3 heteroatoms. The summed E-state index contributed by atoms with van der Waals surface area (Å²) in [6.45, 7) is 8.37. The summed E-state index contributed by atoms with van der Waals surface area (Å²) >= 11 is 0. The normalized spacial score (nSPS) is 9.46. The Morgan fingerprint density at radius 2 is 1.46 bits per heavy atom. The van der Waals surface area contributed by atoms with Gasteiger partial charge in [-0.2, -0.15) is 0 Å². The van der Waals surface area contributed by atoms with E-state index in [0.29, 0.717) is 19.3 Å². The summed E-state index contributed by atoms with van der Waals surface area (Å²) < 4.78 is 10.6. The average Bonchev–Trinajstić information content (AvgIpc) is 2.17. The van der Waals surface area contributed by atoms with Crippen LogP contribution in [-0.4, -0.2) is 25.8 Å². The lowest BCUT2D eigenvalue weighted by Gasteiger charge is -2.08. The standard InChI is InChI=1S/C10H21NO2/c1-4-7-11-10(12-8-5-2)13-9-6-3/h4-9H2,1-3H3. The largest absolute Gasteiger partial charge is 0.451 e. The van der Waals surface area contributed by atoms with Crippen LogP contribution in [0.5, 0.6) is 0 Å². The lowest BCUT2D eigenvalue weighted by molar-refractivity contribution is 0.164. The summed E-state index contributed by atoms with van der Waals surface area (Å²) in [6, 6.07) is 0. The van der Waals surface area contributed by atoms with Gasteiger partial charge in [-0.15, -0.1) is 0 Å². The fourth-order valence-electron chi connectivity index (χ4n) is 0.715. The zero-order valence-corrected chi connectivity index (χ0v) is 9.01. The van der Waals surface area contributed by atoms with Gasteiger partial charge in [-0.3, -0.25) is 0 Å².